The van der Waals surface area contributed by atoms with Crippen molar-refractivity contribution < 1.29 is 13.2 Å². The number of benzene rings is 2. The van der Waals surface area contributed by atoms with Gasteiger partial charge in [0.15, 0.2) is 9.84 Å². The average molecular weight is 346 g/mol. The Kier molecular flexibility index (Phi) is 5.42. The number of nitrogens with zero attached hydrogens (tertiary/aromatic N) is 1. The first-order valence-electron chi connectivity index (χ1n) is 6.62. The zero-order chi connectivity index (χ0) is 16.9. The summed E-state index contributed by atoms with van der Waals surface area (Å²) in [6.45, 7) is 0. The average Bonchev–Trinajstić information content (AvgIpc) is 2.53. The van der Waals surface area contributed by atoms with Crippen LogP contribution in [0.4, 0.5) is 5.69 Å². The summed E-state index contributed by atoms with van der Waals surface area (Å²) in [6, 6.07) is 15.2. The molecule has 0 fully saturated rings. The maximum Gasteiger partial charge on any atom is 0.234 e. The first kappa shape index (κ1) is 17.1. The fraction of sp³-hybridized carbons (Fsp3) is 0.125. The Labute approximate surface area is 139 Å². The fourth-order valence-corrected chi connectivity index (χ4v) is 3.40. The third-order valence-corrected chi connectivity index (χ3v) is 5.08. The molecule has 1 N–H and O–H groups in total. The van der Waals surface area contributed by atoms with Gasteiger partial charge in [-0.1, -0.05) is 12.1 Å². The van der Waals surface area contributed by atoms with E-state index in [2.05, 4.69) is 5.32 Å². The molecule has 0 aliphatic carbocycles. The summed E-state index contributed by atoms with van der Waals surface area (Å²) in [5.41, 5.74) is 0.835. The smallest absolute Gasteiger partial charge is 0.234 e. The topological polar surface area (TPSA) is 87.0 Å². The monoisotopic (exact) mass is 346 g/mol. The molecule has 1 amide bonds. The van der Waals surface area contributed by atoms with Crippen LogP contribution in [0, 0.1) is 11.3 Å². The van der Waals surface area contributed by atoms with Crippen LogP contribution in [0.25, 0.3) is 0 Å². The molecule has 0 aliphatic rings. The van der Waals surface area contributed by atoms with Crippen LogP contribution >= 0.6 is 11.8 Å². The van der Waals surface area contributed by atoms with E-state index in [0.717, 1.165) is 11.2 Å². The highest BCUT2D eigenvalue weighted by atomic mass is 32.2. The van der Waals surface area contributed by atoms with Gasteiger partial charge in [-0.15, -0.1) is 11.8 Å². The Balaban J connectivity index is 2.02. The van der Waals surface area contributed by atoms with E-state index in [0.29, 0.717) is 5.56 Å². The van der Waals surface area contributed by atoms with Crippen LogP contribution in [0.3, 0.4) is 0 Å². The zero-order valence-corrected chi connectivity index (χ0v) is 13.9. The third-order valence-electron chi connectivity index (χ3n) is 2.91. The van der Waals surface area contributed by atoms with E-state index in [9.17, 15) is 13.2 Å². The number of nitriles is 1. The highest BCUT2D eigenvalue weighted by Gasteiger charge is 2.14. The first-order chi connectivity index (χ1) is 10.9. The van der Waals surface area contributed by atoms with Gasteiger partial charge in [-0.25, -0.2) is 8.42 Å². The summed E-state index contributed by atoms with van der Waals surface area (Å²) in [5.74, 6) is -0.153. The lowest BCUT2D eigenvalue weighted by molar-refractivity contribution is -0.113. The summed E-state index contributed by atoms with van der Waals surface area (Å²) < 4.78 is 23.4. The van der Waals surface area contributed by atoms with E-state index >= 15 is 0 Å². The molecule has 2 aromatic rings. The Morgan fingerprint density at radius 2 is 1.83 bits per heavy atom. The highest BCUT2D eigenvalue weighted by molar-refractivity contribution is 8.00. The molecule has 7 heteroatoms. The quantitative estimate of drug-likeness (QED) is 0.841. The summed E-state index contributed by atoms with van der Waals surface area (Å²) in [4.78, 5) is 13.0. The molecule has 0 heterocycles. The molecule has 0 saturated heterocycles. The van der Waals surface area contributed by atoms with Crippen LogP contribution in [0.5, 0.6) is 0 Å². The minimum Gasteiger partial charge on any atom is -0.324 e. The van der Waals surface area contributed by atoms with E-state index in [-0.39, 0.29) is 22.2 Å². The number of nitrogens with one attached hydrogen (secondary N) is 1. The van der Waals surface area contributed by atoms with Crippen LogP contribution in [-0.2, 0) is 14.6 Å². The molecule has 0 atom stereocenters. The van der Waals surface area contributed by atoms with Crippen LogP contribution in [0.15, 0.2) is 58.3 Å². The van der Waals surface area contributed by atoms with E-state index in [1.165, 1.54) is 17.8 Å². The normalized spacial score (nSPS) is 10.8. The number of hydrogen-bond donors (Lipinski definition) is 1. The van der Waals surface area contributed by atoms with Gasteiger partial charge in [0.05, 0.1) is 28.0 Å². The number of carbonyl (C=O) groups is 1. The molecular formula is C16H14N2O3S2. The minimum absolute atomic E-state index is 0.0942. The molecule has 118 valence electrons. The van der Waals surface area contributed by atoms with Gasteiger partial charge in [-0.3, -0.25) is 4.79 Å². The largest absolute Gasteiger partial charge is 0.324 e. The molecule has 2 aromatic carbocycles. The Hall–Kier alpha value is -2.30. The van der Waals surface area contributed by atoms with Gasteiger partial charge >= 0.3 is 0 Å². The van der Waals surface area contributed by atoms with Crippen molar-refractivity contribution >= 4 is 33.2 Å². The second-order valence-electron chi connectivity index (χ2n) is 4.74. The molecule has 23 heavy (non-hydrogen) atoms. The molecular weight excluding hydrogens is 332 g/mol. The van der Waals surface area contributed by atoms with E-state index in [4.69, 9.17) is 5.26 Å². The molecule has 5 nitrogen and oxygen atoms in total. The second-order valence-corrected chi connectivity index (χ2v) is 7.77. The molecule has 0 saturated carbocycles. The Morgan fingerprint density at radius 1 is 1.17 bits per heavy atom. The van der Waals surface area contributed by atoms with Crippen LogP contribution < -0.4 is 5.32 Å². The van der Waals surface area contributed by atoms with Gasteiger partial charge in [0.25, 0.3) is 0 Å². The van der Waals surface area contributed by atoms with Gasteiger partial charge in [-0.05, 0) is 36.4 Å². The second kappa shape index (κ2) is 7.31. The van der Waals surface area contributed by atoms with Gasteiger partial charge in [-0.2, -0.15) is 5.26 Å². The predicted molar refractivity (Wildman–Crippen MR) is 90.1 cm³/mol. The van der Waals surface area contributed by atoms with Gasteiger partial charge in [0.1, 0.15) is 0 Å². The van der Waals surface area contributed by atoms with Crippen molar-refractivity contribution in [1.29, 1.82) is 5.26 Å². The number of thioether (sulfide) groups is 1. The lowest BCUT2D eigenvalue weighted by Gasteiger charge is -2.09. The van der Waals surface area contributed by atoms with Crippen LogP contribution in [0.1, 0.15) is 5.56 Å². The van der Waals surface area contributed by atoms with Gasteiger partial charge < -0.3 is 5.32 Å². The van der Waals surface area contributed by atoms with Crippen molar-refractivity contribution in [3.63, 3.8) is 0 Å². The number of sulfone groups is 1. The lowest BCUT2D eigenvalue weighted by atomic mass is 10.2. The van der Waals surface area contributed by atoms with E-state index in [1.54, 1.807) is 42.5 Å². The van der Waals surface area contributed by atoms with Crippen molar-refractivity contribution in [3.05, 3.63) is 54.1 Å². The minimum atomic E-state index is -3.41. The van der Waals surface area contributed by atoms with Gasteiger partial charge in [0, 0.05) is 11.2 Å². The zero-order valence-electron chi connectivity index (χ0n) is 12.3. The van der Waals surface area contributed by atoms with Crippen LogP contribution in [0.2, 0.25) is 0 Å². The molecule has 0 radical (unpaired) electrons. The van der Waals surface area contributed by atoms with Crippen molar-refractivity contribution in [3.8, 4) is 6.07 Å². The standard InChI is InChI=1S/C16H14N2O3S2/c1-23(20,21)15-5-3-2-4-14(15)18-16(19)11-22-13-8-6-12(10-17)7-9-13/h2-9H,11H2,1H3,(H,18,19). The number of anilines is 1. The molecule has 0 unspecified atom stereocenters. The van der Waals surface area contributed by atoms with E-state index in [1.807, 2.05) is 6.07 Å². The molecule has 0 aliphatic heterocycles. The number of amides is 1. The SMILES string of the molecule is CS(=O)(=O)c1ccccc1NC(=O)CSc1ccc(C#N)cc1. The summed E-state index contributed by atoms with van der Waals surface area (Å²) in [5, 5.41) is 11.4. The maximum absolute atomic E-state index is 12.0. The van der Waals surface area contributed by atoms with Crippen molar-refractivity contribution in [2.45, 2.75) is 9.79 Å². The lowest BCUT2D eigenvalue weighted by Crippen LogP contribution is -2.16. The summed E-state index contributed by atoms with van der Waals surface area (Å²) in [7, 11) is -3.41. The van der Waals surface area contributed by atoms with Gasteiger partial charge in [0.2, 0.25) is 5.91 Å². The first-order valence-corrected chi connectivity index (χ1v) is 9.50. The predicted octanol–water partition coefficient (Wildman–Crippen LogP) is 2.69. The number of carbonyl (C=O) groups excluding carboxylic acids is 1. The maximum atomic E-state index is 12.0. The number of para-hydroxylation sites is 1. The fourth-order valence-electron chi connectivity index (χ4n) is 1.85. The van der Waals surface area contributed by atoms with Crippen LogP contribution in [-0.4, -0.2) is 26.3 Å². The van der Waals surface area contributed by atoms with Crippen molar-refractivity contribution in [2.75, 3.05) is 17.3 Å². The molecule has 0 aromatic heterocycles. The van der Waals surface area contributed by atoms with Crippen molar-refractivity contribution in [2.24, 2.45) is 0 Å². The Bertz CT molecular complexity index is 854. The highest BCUT2D eigenvalue weighted by Crippen LogP contribution is 2.22. The van der Waals surface area contributed by atoms with E-state index < -0.39 is 9.84 Å². The Morgan fingerprint density at radius 3 is 2.43 bits per heavy atom. The van der Waals surface area contributed by atoms with Crippen molar-refractivity contribution in [1.82, 2.24) is 0 Å². The summed E-state index contributed by atoms with van der Waals surface area (Å²) in [6.07, 6.45) is 1.10. The molecule has 0 spiro atoms. The molecule has 2 rings (SSSR count). The molecule has 0 bridgehead atoms. The number of hydrogen-bond acceptors (Lipinski definition) is 5. The number of rotatable bonds is 5. The summed E-state index contributed by atoms with van der Waals surface area (Å²) >= 11 is 1.31. The third kappa shape index (κ3) is 4.84.